The number of aromatic nitrogens is 2. The maximum atomic E-state index is 5.98. The zero-order valence-electron chi connectivity index (χ0n) is 11.9. The molecule has 0 aliphatic heterocycles. The van der Waals surface area contributed by atoms with Crippen molar-refractivity contribution in [3.05, 3.63) is 35.2 Å². The van der Waals surface area contributed by atoms with Gasteiger partial charge in [-0.25, -0.2) is 4.98 Å². The van der Waals surface area contributed by atoms with Crippen LogP contribution in [0.2, 0.25) is 5.02 Å². The predicted molar refractivity (Wildman–Crippen MR) is 79.2 cm³/mol. The second-order valence-corrected chi connectivity index (χ2v) is 5.04. The highest BCUT2D eigenvalue weighted by atomic mass is 35.5. The molecule has 0 aliphatic rings. The Morgan fingerprint density at radius 3 is 2.50 bits per heavy atom. The highest BCUT2D eigenvalue weighted by molar-refractivity contribution is 6.30. The van der Waals surface area contributed by atoms with Gasteiger partial charge in [-0.1, -0.05) is 11.6 Å². The van der Waals surface area contributed by atoms with Crippen LogP contribution in [0.15, 0.2) is 24.5 Å². The molecule has 20 heavy (non-hydrogen) atoms. The zero-order chi connectivity index (χ0) is 14.4. The molecule has 2 aromatic rings. The summed E-state index contributed by atoms with van der Waals surface area (Å²) in [7, 11) is 3.42. The van der Waals surface area contributed by atoms with E-state index in [2.05, 4.69) is 9.88 Å². The fraction of sp³-hybridized carbons (Fsp3) is 0.500. The van der Waals surface area contributed by atoms with E-state index in [9.17, 15) is 0 Å². The van der Waals surface area contributed by atoms with Crippen LogP contribution in [0.1, 0.15) is 5.69 Å². The average Bonchev–Trinajstić information content (AvgIpc) is 2.83. The fourth-order valence-electron chi connectivity index (χ4n) is 2.03. The largest absolute Gasteiger partial charge is 0.383 e. The van der Waals surface area contributed by atoms with Crippen molar-refractivity contribution in [1.82, 2.24) is 14.3 Å². The summed E-state index contributed by atoms with van der Waals surface area (Å²) in [5.74, 6) is 0. The van der Waals surface area contributed by atoms with Gasteiger partial charge in [0.1, 0.15) is 5.65 Å². The van der Waals surface area contributed by atoms with Crippen molar-refractivity contribution in [2.75, 3.05) is 40.5 Å². The van der Waals surface area contributed by atoms with E-state index in [4.69, 9.17) is 21.1 Å². The van der Waals surface area contributed by atoms with E-state index in [-0.39, 0.29) is 0 Å². The fourth-order valence-corrected chi connectivity index (χ4v) is 2.20. The molecule has 110 valence electrons. The third-order valence-corrected chi connectivity index (χ3v) is 3.30. The summed E-state index contributed by atoms with van der Waals surface area (Å²) in [5.41, 5.74) is 1.92. The molecule has 0 aromatic carbocycles. The first-order chi connectivity index (χ1) is 9.72. The van der Waals surface area contributed by atoms with Gasteiger partial charge in [0.05, 0.1) is 23.9 Å². The van der Waals surface area contributed by atoms with E-state index in [1.54, 1.807) is 14.2 Å². The molecule has 0 aliphatic carbocycles. The molecular weight excluding hydrogens is 278 g/mol. The standard InChI is InChI=1S/C14H20ClN3O2/c1-19-7-5-17(6-8-20-2)10-13-11-18-9-12(15)3-4-14(18)16-13/h3-4,9,11H,5-8,10H2,1-2H3. The lowest BCUT2D eigenvalue weighted by Gasteiger charge is -2.20. The molecule has 6 heteroatoms. The second-order valence-electron chi connectivity index (χ2n) is 4.61. The van der Waals surface area contributed by atoms with E-state index in [1.807, 2.05) is 28.9 Å². The topological polar surface area (TPSA) is 39.0 Å². The van der Waals surface area contributed by atoms with Crippen molar-refractivity contribution in [1.29, 1.82) is 0 Å². The van der Waals surface area contributed by atoms with E-state index in [0.29, 0.717) is 18.2 Å². The van der Waals surface area contributed by atoms with Crippen molar-refractivity contribution in [3.8, 4) is 0 Å². The van der Waals surface area contributed by atoms with Crippen LogP contribution in [-0.4, -0.2) is 54.8 Å². The summed E-state index contributed by atoms with van der Waals surface area (Å²) in [4.78, 5) is 6.85. The lowest BCUT2D eigenvalue weighted by atomic mass is 10.4. The molecule has 5 nitrogen and oxygen atoms in total. The van der Waals surface area contributed by atoms with Crippen LogP contribution in [0.3, 0.4) is 0 Å². The number of rotatable bonds is 8. The summed E-state index contributed by atoms with van der Waals surface area (Å²) in [6.07, 6.45) is 3.87. The Kier molecular flexibility index (Phi) is 5.79. The average molecular weight is 298 g/mol. The SMILES string of the molecule is COCCN(CCOC)Cc1cn2cc(Cl)ccc2n1. The number of halogens is 1. The van der Waals surface area contributed by atoms with Crippen molar-refractivity contribution >= 4 is 17.2 Å². The van der Waals surface area contributed by atoms with Crippen LogP contribution in [0, 0.1) is 0 Å². The number of ether oxygens (including phenoxy) is 2. The summed E-state index contributed by atoms with van der Waals surface area (Å²) < 4.78 is 12.2. The van der Waals surface area contributed by atoms with Crippen LogP contribution in [0.4, 0.5) is 0 Å². The molecule has 0 saturated heterocycles. The monoisotopic (exact) mass is 297 g/mol. The minimum Gasteiger partial charge on any atom is -0.383 e. The molecule has 0 saturated carbocycles. The highest BCUT2D eigenvalue weighted by Gasteiger charge is 2.09. The Morgan fingerprint density at radius 2 is 1.85 bits per heavy atom. The quantitative estimate of drug-likeness (QED) is 0.748. The molecule has 0 amide bonds. The van der Waals surface area contributed by atoms with Gasteiger partial charge in [0.25, 0.3) is 0 Å². The lowest BCUT2D eigenvalue weighted by Crippen LogP contribution is -2.30. The van der Waals surface area contributed by atoms with Gasteiger partial charge < -0.3 is 13.9 Å². The smallest absolute Gasteiger partial charge is 0.137 e. The van der Waals surface area contributed by atoms with Crippen LogP contribution in [0.25, 0.3) is 5.65 Å². The molecule has 0 unspecified atom stereocenters. The molecule has 0 atom stereocenters. The first-order valence-corrected chi connectivity index (χ1v) is 6.94. The minimum absolute atomic E-state index is 0.697. The number of hydrogen-bond acceptors (Lipinski definition) is 4. The maximum absolute atomic E-state index is 5.98. The molecule has 0 bridgehead atoms. The first-order valence-electron chi connectivity index (χ1n) is 6.56. The third kappa shape index (κ3) is 4.18. The van der Waals surface area contributed by atoms with Gasteiger partial charge in [0.2, 0.25) is 0 Å². The Labute approximate surface area is 124 Å². The van der Waals surface area contributed by atoms with Crippen LogP contribution in [0.5, 0.6) is 0 Å². The van der Waals surface area contributed by atoms with Gasteiger partial charge in [0, 0.05) is 46.2 Å². The van der Waals surface area contributed by atoms with Crippen molar-refractivity contribution in [3.63, 3.8) is 0 Å². The lowest BCUT2D eigenvalue weighted by molar-refractivity contribution is 0.109. The first kappa shape index (κ1) is 15.3. The summed E-state index contributed by atoms with van der Waals surface area (Å²) >= 11 is 5.98. The van der Waals surface area contributed by atoms with Gasteiger partial charge in [-0.15, -0.1) is 0 Å². The van der Waals surface area contributed by atoms with E-state index < -0.39 is 0 Å². The van der Waals surface area contributed by atoms with Crippen molar-refractivity contribution in [2.24, 2.45) is 0 Å². The van der Waals surface area contributed by atoms with Gasteiger partial charge >= 0.3 is 0 Å². The number of fused-ring (bicyclic) bond motifs is 1. The number of imidazole rings is 1. The van der Waals surface area contributed by atoms with Crippen LogP contribution < -0.4 is 0 Å². The second kappa shape index (κ2) is 7.59. The van der Waals surface area contributed by atoms with E-state index in [0.717, 1.165) is 31.0 Å². The molecule has 2 heterocycles. The highest BCUT2D eigenvalue weighted by Crippen LogP contribution is 2.12. The van der Waals surface area contributed by atoms with Crippen molar-refractivity contribution < 1.29 is 9.47 Å². The summed E-state index contributed by atoms with van der Waals surface area (Å²) in [6, 6.07) is 3.77. The van der Waals surface area contributed by atoms with Gasteiger partial charge in [-0.05, 0) is 12.1 Å². The van der Waals surface area contributed by atoms with Crippen molar-refractivity contribution in [2.45, 2.75) is 6.54 Å². The Hall–Kier alpha value is -1.14. The minimum atomic E-state index is 0.697. The Balaban J connectivity index is 2.06. The normalized spacial score (nSPS) is 11.6. The number of hydrogen-bond donors (Lipinski definition) is 0. The summed E-state index contributed by atoms with van der Waals surface area (Å²) in [5, 5.41) is 0.706. The number of nitrogens with zero attached hydrogens (tertiary/aromatic N) is 3. The van der Waals surface area contributed by atoms with E-state index in [1.165, 1.54) is 0 Å². The van der Waals surface area contributed by atoms with Gasteiger partial charge in [-0.2, -0.15) is 0 Å². The zero-order valence-corrected chi connectivity index (χ0v) is 12.6. The van der Waals surface area contributed by atoms with Gasteiger partial charge in [0.15, 0.2) is 0 Å². The molecule has 0 N–H and O–H groups in total. The van der Waals surface area contributed by atoms with Gasteiger partial charge in [-0.3, -0.25) is 4.90 Å². The Morgan fingerprint density at radius 1 is 1.15 bits per heavy atom. The predicted octanol–water partition coefficient (Wildman–Crippen LogP) is 2.08. The number of pyridine rings is 1. The van der Waals surface area contributed by atoms with Crippen LogP contribution >= 0.6 is 11.6 Å². The Bertz CT molecular complexity index is 536. The summed E-state index contributed by atoms with van der Waals surface area (Å²) in [6.45, 7) is 3.88. The molecule has 0 fully saturated rings. The molecular formula is C14H20ClN3O2. The van der Waals surface area contributed by atoms with E-state index >= 15 is 0 Å². The van der Waals surface area contributed by atoms with Crippen LogP contribution in [-0.2, 0) is 16.0 Å². The molecule has 2 aromatic heterocycles. The molecule has 2 rings (SSSR count). The molecule has 0 spiro atoms. The molecule has 0 radical (unpaired) electrons. The maximum Gasteiger partial charge on any atom is 0.137 e. The third-order valence-electron chi connectivity index (χ3n) is 3.07. The number of methoxy groups -OCH3 is 2.